The summed E-state index contributed by atoms with van der Waals surface area (Å²) in [6.45, 7) is 4.78. The van der Waals surface area contributed by atoms with Gasteiger partial charge in [0.15, 0.2) is 0 Å². The predicted molar refractivity (Wildman–Crippen MR) is 83.3 cm³/mol. The van der Waals surface area contributed by atoms with Gasteiger partial charge in [-0.15, -0.1) is 0 Å². The van der Waals surface area contributed by atoms with Gasteiger partial charge in [0.2, 0.25) is 5.88 Å². The van der Waals surface area contributed by atoms with Crippen LogP contribution in [0.1, 0.15) is 25.8 Å². The molecule has 0 saturated carbocycles. The summed E-state index contributed by atoms with van der Waals surface area (Å²) >= 11 is 0. The first-order valence-corrected chi connectivity index (χ1v) is 7.18. The first kappa shape index (κ1) is 14.4. The summed E-state index contributed by atoms with van der Waals surface area (Å²) < 4.78 is 5.41. The van der Waals surface area contributed by atoms with E-state index in [0.29, 0.717) is 18.5 Å². The zero-order valence-corrected chi connectivity index (χ0v) is 12.2. The lowest BCUT2D eigenvalue weighted by atomic mass is 10.1. The Bertz CT molecular complexity index is 513. The molecule has 1 aromatic carbocycles. The van der Waals surface area contributed by atoms with Crippen LogP contribution in [0.15, 0.2) is 48.5 Å². The number of aryl methyl sites for hydroxylation is 1. The van der Waals surface area contributed by atoms with Crippen molar-refractivity contribution in [1.29, 1.82) is 0 Å². The van der Waals surface area contributed by atoms with E-state index in [4.69, 9.17) is 4.74 Å². The predicted octanol–water partition coefficient (Wildman–Crippen LogP) is 3.91. The van der Waals surface area contributed by atoms with Crippen LogP contribution in [0.25, 0.3) is 0 Å². The van der Waals surface area contributed by atoms with Crippen molar-refractivity contribution in [2.75, 3.05) is 11.9 Å². The molecule has 2 rings (SSSR count). The highest BCUT2D eigenvalue weighted by atomic mass is 16.5. The van der Waals surface area contributed by atoms with E-state index >= 15 is 0 Å². The first-order valence-electron chi connectivity index (χ1n) is 7.18. The minimum atomic E-state index is 0.375. The maximum Gasteiger partial charge on any atom is 0.215 e. The van der Waals surface area contributed by atoms with Gasteiger partial charge in [-0.2, -0.15) is 4.98 Å². The Labute approximate surface area is 121 Å². The zero-order chi connectivity index (χ0) is 14.2. The van der Waals surface area contributed by atoms with Gasteiger partial charge in [0, 0.05) is 12.1 Å². The van der Waals surface area contributed by atoms with Crippen molar-refractivity contribution in [3.05, 3.63) is 54.1 Å². The summed E-state index contributed by atoms with van der Waals surface area (Å²) in [5.74, 6) is 1.55. The zero-order valence-electron chi connectivity index (χ0n) is 12.2. The van der Waals surface area contributed by atoms with Crippen LogP contribution in [0.4, 0.5) is 5.82 Å². The molecule has 106 valence electrons. The third-order valence-corrected chi connectivity index (χ3v) is 3.12. The Morgan fingerprint density at radius 3 is 2.65 bits per heavy atom. The van der Waals surface area contributed by atoms with E-state index in [1.807, 2.05) is 31.2 Å². The number of nitrogens with one attached hydrogen (secondary N) is 1. The number of benzene rings is 1. The molecule has 3 nitrogen and oxygen atoms in total. The summed E-state index contributed by atoms with van der Waals surface area (Å²) in [5, 5.41) is 3.42. The number of nitrogens with zero attached hydrogens (tertiary/aromatic N) is 1. The Kier molecular flexibility index (Phi) is 5.42. The largest absolute Gasteiger partial charge is 0.478 e. The van der Waals surface area contributed by atoms with Crippen LogP contribution in [-0.2, 0) is 6.42 Å². The standard InChI is InChI=1S/C17H22N2O/c1-3-20-17-11-7-10-16(19-17)18-14(2)12-13-15-8-5-4-6-9-15/h4-11,14H,3,12-13H2,1-2H3,(H,18,19). The molecule has 0 spiro atoms. The monoisotopic (exact) mass is 270 g/mol. The van der Waals surface area contributed by atoms with E-state index in [9.17, 15) is 0 Å². The molecule has 0 amide bonds. The Morgan fingerprint density at radius 2 is 1.90 bits per heavy atom. The smallest absolute Gasteiger partial charge is 0.215 e. The molecule has 1 atom stereocenters. The Balaban J connectivity index is 1.84. The minimum Gasteiger partial charge on any atom is -0.478 e. The number of anilines is 1. The van der Waals surface area contributed by atoms with Gasteiger partial charge < -0.3 is 10.1 Å². The topological polar surface area (TPSA) is 34.1 Å². The normalized spacial score (nSPS) is 11.9. The van der Waals surface area contributed by atoms with Gasteiger partial charge in [0.25, 0.3) is 0 Å². The van der Waals surface area contributed by atoms with E-state index in [1.165, 1.54) is 5.56 Å². The lowest BCUT2D eigenvalue weighted by Crippen LogP contribution is -2.17. The molecule has 0 fully saturated rings. The maximum absolute atomic E-state index is 5.41. The van der Waals surface area contributed by atoms with E-state index in [2.05, 4.69) is 41.5 Å². The second-order valence-corrected chi connectivity index (χ2v) is 4.86. The Hall–Kier alpha value is -2.03. The number of hydrogen-bond donors (Lipinski definition) is 1. The summed E-state index contributed by atoms with van der Waals surface area (Å²) in [4.78, 5) is 4.42. The third-order valence-electron chi connectivity index (χ3n) is 3.12. The molecule has 1 heterocycles. The van der Waals surface area contributed by atoms with Crippen LogP contribution in [0, 0.1) is 0 Å². The van der Waals surface area contributed by atoms with Gasteiger partial charge >= 0.3 is 0 Å². The number of pyridine rings is 1. The van der Waals surface area contributed by atoms with E-state index in [0.717, 1.165) is 18.7 Å². The molecule has 20 heavy (non-hydrogen) atoms. The van der Waals surface area contributed by atoms with Crippen molar-refractivity contribution in [2.45, 2.75) is 32.7 Å². The van der Waals surface area contributed by atoms with Crippen LogP contribution in [0.2, 0.25) is 0 Å². The van der Waals surface area contributed by atoms with Gasteiger partial charge in [-0.3, -0.25) is 0 Å². The Morgan fingerprint density at radius 1 is 1.10 bits per heavy atom. The second-order valence-electron chi connectivity index (χ2n) is 4.86. The molecule has 0 aliphatic heterocycles. The highest BCUT2D eigenvalue weighted by molar-refractivity contribution is 5.38. The number of aromatic nitrogens is 1. The highest BCUT2D eigenvalue weighted by Crippen LogP contribution is 2.14. The van der Waals surface area contributed by atoms with Crippen molar-refractivity contribution in [3.63, 3.8) is 0 Å². The molecule has 0 saturated heterocycles. The SMILES string of the molecule is CCOc1cccc(NC(C)CCc2ccccc2)n1. The van der Waals surface area contributed by atoms with Gasteiger partial charge in [-0.1, -0.05) is 36.4 Å². The average molecular weight is 270 g/mol. The number of rotatable bonds is 7. The van der Waals surface area contributed by atoms with E-state index in [-0.39, 0.29) is 0 Å². The van der Waals surface area contributed by atoms with Crippen LogP contribution >= 0.6 is 0 Å². The fourth-order valence-electron chi connectivity index (χ4n) is 2.08. The van der Waals surface area contributed by atoms with E-state index in [1.54, 1.807) is 0 Å². The molecule has 3 heteroatoms. The molecule has 0 bridgehead atoms. The van der Waals surface area contributed by atoms with Crippen molar-refractivity contribution >= 4 is 5.82 Å². The summed E-state index contributed by atoms with van der Waals surface area (Å²) in [6.07, 6.45) is 2.14. The molecular formula is C17H22N2O. The quantitative estimate of drug-likeness (QED) is 0.828. The lowest BCUT2D eigenvalue weighted by molar-refractivity contribution is 0.327. The van der Waals surface area contributed by atoms with Crippen LogP contribution in [-0.4, -0.2) is 17.6 Å². The average Bonchev–Trinajstić information content (AvgIpc) is 2.47. The lowest BCUT2D eigenvalue weighted by Gasteiger charge is -2.15. The fraction of sp³-hybridized carbons (Fsp3) is 0.353. The first-order chi connectivity index (χ1) is 9.78. The molecule has 2 aromatic rings. The molecule has 1 aromatic heterocycles. The molecule has 1 unspecified atom stereocenters. The molecule has 0 aliphatic carbocycles. The molecular weight excluding hydrogens is 248 g/mol. The molecule has 1 N–H and O–H groups in total. The summed E-state index contributed by atoms with van der Waals surface area (Å²) in [5.41, 5.74) is 1.37. The van der Waals surface area contributed by atoms with Crippen molar-refractivity contribution in [3.8, 4) is 5.88 Å². The molecule has 0 aliphatic rings. The number of hydrogen-bond acceptors (Lipinski definition) is 3. The van der Waals surface area contributed by atoms with Crippen LogP contribution in [0.5, 0.6) is 5.88 Å². The minimum absolute atomic E-state index is 0.375. The third kappa shape index (κ3) is 4.57. The fourth-order valence-corrected chi connectivity index (χ4v) is 2.08. The van der Waals surface area contributed by atoms with Crippen LogP contribution < -0.4 is 10.1 Å². The van der Waals surface area contributed by atoms with Gasteiger partial charge in [0.1, 0.15) is 5.82 Å². The van der Waals surface area contributed by atoms with Crippen LogP contribution in [0.3, 0.4) is 0 Å². The van der Waals surface area contributed by atoms with Crippen molar-refractivity contribution < 1.29 is 4.74 Å². The summed E-state index contributed by atoms with van der Waals surface area (Å²) in [6, 6.07) is 16.7. The highest BCUT2D eigenvalue weighted by Gasteiger charge is 2.04. The van der Waals surface area contributed by atoms with Crippen molar-refractivity contribution in [2.24, 2.45) is 0 Å². The maximum atomic E-state index is 5.41. The van der Waals surface area contributed by atoms with Gasteiger partial charge in [-0.05, 0) is 38.3 Å². The number of ether oxygens (including phenoxy) is 1. The summed E-state index contributed by atoms with van der Waals surface area (Å²) in [7, 11) is 0. The van der Waals surface area contributed by atoms with Crippen molar-refractivity contribution in [1.82, 2.24) is 4.98 Å². The van der Waals surface area contributed by atoms with Gasteiger partial charge in [-0.25, -0.2) is 0 Å². The van der Waals surface area contributed by atoms with Gasteiger partial charge in [0.05, 0.1) is 6.61 Å². The molecule has 0 radical (unpaired) electrons. The second kappa shape index (κ2) is 7.53. The van der Waals surface area contributed by atoms with E-state index < -0.39 is 0 Å².